The maximum atomic E-state index is 12.1. The van der Waals surface area contributed by atoms with Crippen LogP contribution in [-0.2, 0) is 6.54 Å². The van der Waals surface area contributed by atoms with Gasteiger partial charge in [0.05, 0.1) is 10.4 Å². The molecule has 1 aromatic heterocycles. The van der Waals surface area contributed by atoms with Gasteiger partial charge < -0.3 is 4.57 Å². The number of nitro benzene ring substituents is 1. The van der Waals surface area contributed by atoms with Crippen LogP contribution in [0.4, 0.5) is 5.69 Å². The second-order valence-corrected chi connectivity index (χ2v) is 5.94. The van der Waals surface area contributed by atoms with Gasteiger partial charge in [-0.15, -0.1) is 0 Å². The van der Waals surface area contributed by atoms with Gasteiger partial charge in [0.15, 0.2) is 0 Å². The summed E-state index contributed by atoms with van der Waals surface area (Å²) in [6.07, 6.45) is 8.35. The number of aromatic nitrogens is 1. The zero-order valence-corrected chi connectivity index (χ0v) is 13.7. The second kappa shape index (κ2) is 8.46. The molecule has 0 fully saturated rings. The average molecular weight is 316 g/mol. The zero-order valence-electron chi connectivity index (χ0n) is 13.7. The van der Waals surface area contributed by atoms with Gasteiger partial charge in [0.25, 0.3) is 11.2 Å². The fraction of sp³-hybridized carbons (Fsp3) is 0.500. The lowest BCUT2D eigenvalue weighted by Crippen LogP contribution is -2.19. The number of nitro groups is 1. The summed E-state index contributed by atoms with van der Waals surface area (Å²) < 4.78 is 1.73. The van der Waals surface area contributed by atoms with Crippen LogP contribution in [0.5, 0.6) is 0 Å². The number of hydrogen-bond donors (Lipinski definition) is 0. The van der Waals surface area contributed by atoms with Crippen LogP contribution in [0.2, 0.25) is 0 Å². The van der Waals surface area contributed by atoms with E-state index in [0.29, 0.717) is 6.54 Å². The van der Waals surface area contributed by atoms with E-state index in [2.05, 4.69) is 6.92 Å². The minimum atomic E-state index is -0.412. The first-order valence-electron chi connectivity index (χ1n) is 8.41. The van der Waals surface area contributed by atoms with Crippen LogP contribution in [0.15, 0.2) is 35.1 Å². The van der Waals surface area contributed by atoms with E-state index in [-0.39, 0.29) is 11.2 Å². The van der Waals surface area contributed by atoms with E-state index in [4.69, 9.17) is 0 Å². The number of pyridine rings is 1. The number of non-ortho nitro benzene ring substituents is 1. The summed E-state index contributed by atoms with van der Waals surface area (Å²) in [4.78, 5) is 22.5. The summed E-state index contributed by atoms with van der Waals surface area (Å²) in [5.74, 6) is 0. The van der Waals surface area contributed by atoms with E-state index < -0.39 is 4.92 Å². The van der Waals surface area contributed by atoms with E-state index in [1.54, 1.807) is 16.7 Å². The van der Waals surface area contributed by atoms with Crippen molar-refractivity contribution in [2.75, 3.05) is 0 Å². The third kappa shape index (κ3) is 4.65. The number of hydrogen-bond acceptors (Lipinski definition) is 3. The van der Waals surface area contributed by atoms with Crippen molar-refractivity contribution in [3.63, 3.8) is 0 Å². The molecular weight excluding hydrogens is 292 g/mol. The minimum absolute atomic E-state index is 0.0441. The van der Waals surface area contributed by atoms with Gasteiger partial charge >= 0.3 is 0 Å². The molecule has 0 spiro atoms. The molecule has 0 N–H and O–H groups in total. The van der Waals surface area contributed by atoms with Crippen LogP contribution in [0, 0.1) is 10.1 Å². The standard InChI is InChI=1S/C18H24N2O3/c1-2-3-4-5-6-7-8-13-19-17-11-10-16(20(22)23)14-15(17)9-12-18(19)21/h9-12,14H,2-8,13H2,1H3. The number of aryl methyl sites for hydroxylation is 1. The first-order valence-corrected chi connectivity index (χ1v) is 8.41. The highest BCUT2D eigenvalue weighted by Crippen LogP contribution is 2.20. The summed E-state index contributed by atoms with van der Waals surface area (Å²) >= 11 is 0. The fourth-order valence-corrected chi connectivity index (χ4v) is 2.86. The lowest BCUT2D eigenvalue weighted by Gasteiger charge is -2.10. The number of rotatable bonds is 9. The van der Waals surface area contributed by atoms with Gasteiger partial charge in [-0.25, -0.2) is 0 Å². The van der Waals surface area contributed by atoms with Gasteiger partial charge in [-0.05, 0) is 18.6 Å². The highest BCUT2D eigenvalue weighted by Gasteiger charge is 2.09. The Labute approximate surface area is 136 Å². The fourth-order valence-electron chi connectivity index (χ4n) is 2.86. The first-order chi connectivity index (χ1) is 11.1. The molecule has 0 saturated carbocycles. The van der Waals surface area contributed by atoms with Crippen LogP contribution >= 0.6 is 0 Å². The molecular formula is C18H24N2O3. The molecule has 5 nitrogen and oxygen atoms in total. The molecule has 2 rings (SSSR count). The van der Waals surface area contributed by atoms with Crippen molar-refractivity contribution in [2.24, 2.45) is 0 Å². The molecule has 0 saturated heterocycles. The van der Waals surface area contributed by atoms with Gasteiger partial charge in [-0.1, -0.05) is 45.4 Å². The number of nitrogens with zero attached hydrogens (tertiary/aromatic N) is 2. The second-order valence-electron chi connectivity index (χ2n) is 5.94. The van der Waals surface area contributed by atoms with E-state index >= 15 is 0 Å². The molecule has 0 amide bonds. The smallest absolute Gasteiger partial charge is 0.270 e. The van der Waals surface area contributed by atoms with E-state index in [9.17, 15) is 14.9 Å². The molecule has 1 heterocycles. The number of benzene rings is 1. The Morgan fingerprint density at radius 2 is 1.70 bits per heavy atom. The molecule has 0 bridgehead atoms. The summed E-state index contributed by atoms with van der Waals surface area (Å²) in [5.41, 5.74) is 0.782. The minimum Gasteiger partial charge on any atom is -0.308 e. The van der Waals surface area contributed by atoms with Gasteiger partial charge in [-0.3, -0.25) is 14.9 Å². The van der Waals surface area contributed by atoms with Crippen LogP contribution in [0.25, 0.3) is 10.9 Å². The van der Waals surface area contributed by atoms with Crippen molar-refractivity contribution in [1.29, 1.82) is 0 Å². The normalized spacial score (nSPS) is 11.0. The molecule has 5 heteroatoms. The van der Waals surface area contributed by atoms with Gasteiger partial charge in [0.2, 0.25) is 0 Å². The predicted octanol–water partition coefficient (Wildman–Crippen LogP) is 4.66. The number of unbranched alkanes of at least 4 members (excludes halogenated alkanes) is 6. The summed E-state index contributed by atoms with van der Waals surface area (Å²) in [6, 6.07) is 7.81. The zero-order chi connectivity index (χ0) is 16.7. The molecule has 23 heavy (non-hydrogen) atoms. The van der Waals surface area contributed by atoms with E-state index in [0.717, 1.165) is 23.7 Å². The Hall–Kier alpha value is -2.17. The van der Waals surface area contributed by atoms with Crippen molar-refractivity contribution in [1.82, 2.24) is 4.57 Å². The van der Waals surface area contributed by atoms with E-state index in [1.807, 2.05) is 0 Å². The van der Waals surface area contributed by atoms with Crippen molar-refractivity contribution in [3.05, 3.63) is 50.8 Å². The van der Waals surface area contributed by atoms with Gasteiger partial charge in [-0.2, -0.15) is 0 Å². The lowest BCUT2D eigenvalue weighted by molar-refractivity contribution is -0.384. The third-order valence-electron chi connectivity index (χ3n) is 4.17. The highest BCUT2D eigenvalue weighted by molar-refractivity contribution is 5.81. The van der Waals surface area contributed by atoms with Crippen molar-refractivity contribution < 1.29 is 4.92 Å². The molecule has 0 aliphatic carbocycles. The monoisotopic (exact) mass is 316 g/mol. The SMILES string of the molecule is CCCCCCCCCn1c(=O)ccc2cc([N+](=O)[O-])ccc21. The maximum Gasteiger partial charge on any atom is 0.270 e. The van der Waals surface area contributed by atoms with Crippen LogP contribution in [-0.4, -0.2) is 9.49 Å². The molecule has 0 aliphatic heterocycles. The third-order valence-corrected chi connectivity index (χ3v) is 4.17. The molecule has 124 valence electrons. The number of fused-ring (bicyclic) bond motifs is 1. The Morgan fingerprint density at radius 3 is 2.39 bits per heavy atom. The maximum absolute atomic E-state index is 12.1. The van der Waals surface area contributed by atoms with Crippen molar-refractivity contribution in [2.45, 2.75) is 58.4 Å². The quantitative estimate of drug-likeness (QED) is 0.384. The predicted molar refractivity (Wildman–Crippen MR) is 92.9 cm³/mol. The van der Waals surface area contributed by atoms with Crippen LogP contribution < -0.4 is 5.56 Å². The Bertz CT molecular complexity index is 722. The Morgan fingerprint density at radius 1 is 1.00 bits per heavy atom. The molecule has 2 aromatic rings. The van der Waals surface area contributed by atoms with Crippen LogP contribution in [0.1, 0.15) is 51.9 Å². The Kier molecular flexibility index (Phi) is 6.32. The molecule has 1 aromatic carbocycles. The topological polar surface area (TPSA) is 65.1 Å². The molecule has 0 unspecified atom stereocenters. The average Bonchev–Trinajstić information content (AvgIpc) is 2.55. The van der Waals surface area contributed by atoms with Crippen molar-refractivity contribution in [3.8, 4) is 0 Å². The van der Waals surface area contributed by atoms with Crippen molar-refractivity contribution >= 4 is 16.6 Å². The highest BCUT2D eigenvalue weighted by atomic mass is 16.6. The van der Waals surface area contributed by atoms with Gasteiger partial charge in [0.1, 0.15) is 0 Å². The van der Waals surface area contributed by atoms with Crippen LogP contribution in [0.3, 0.4) is 0 Å². The largest absolute Gasteiger partial charge is 0.308 e. The summed E-state index contributed by atoms with van der Waals surface area (Å²) in [5, 5.41) is 11.6. The molecule has 0 atom stereocenters. The Balaban J connectivity index is 2.03. The first kappa shape index (κ1) is 17.2. The summed E-state index contributed by atoms with van der Waals surface area (Å²) in [6.45, 7) is 2.87. The summed E-state index contributed by atoms with van der Waals surface area (Å²) in [7, 11) is 0. The van der Waals surface area contributed by atoms with Gasteiger partial charge in [0, 0.05) is 30.1 Å². The lowest BCUT2D eigenvalue weighted by atomic mass is 10.1. The molecule has 0 radical (unpaired) electrons. The van der Waals surface area contributed by atoms with E-state index in [1.165, 1.54) is 50.3 Å². The molecule has 0 aliphatic rings.